The van der Waals surface area contributed by atoms with Crippen molar-refractivity contribution in [2.75, 3.05) is 26.4 Å². The Morgan fingerprint density at radius 1 is 1.12 bits per heavy atom. The molecule has 5 nitrogen and oxygen atoms in total. The summed E-state index contributed by atoms with van der Waals surface area (Å²) in [5, 5.41) is 0. The van der Waals surface area contributed by atoms with Gasteiger partial charge in [0.2, 0.25) is 0 Å². The van der Waals surface area contributed by atoms with E-state index in [-0.39, 0.29) is 0 Å². The first-order valence-electron chi connectivity index (χ1n) is 7.97. The topological polar surface area (TPSA) is 43.3 Å². The molecule has 0 radical (unpaired) electrons. The quantitative estimate of drug-likeness (QED) is 0.742. The highest BCUT2D eigenvalue weighted by atomic mass is 79.9. The van der Waals surface area contributed by atoms with Gasteiger partial charge in [-0.3, -0.25) is 0 Å². The van der Waals surface area contributed by atoms with Gasteiger partial charge < -0.3 is 19.1 Å². The molecule has 5 rings (SSSR count). The largest absolute Gasteiger partial charge is 0.496 e. The summed E-state index contributed by atoms with van der Waals surface area (Å²) >= 11 is 3.59. The lowest BCUT2D eigenvalue weighted by Gasteiger charge is -2.29. The number of hydrogen-bond acceptors (Lipinski definition) is 5. The minimum Gasteiger partial charge on any atom is -0.496 e. The lowest BCUT2D eigenvalue weighted by Crippen LogP contribution is -2.31. The molecule has 0 saturated carbocycles. The molecule has 0 saturated heterocycles. The zero-order chi connectivity index (χ0) is 16.1. The van der Waals surface area contributed by atoms with Crippen LogP contribution in [0.2, 0.25) is 0 Å². The molecule has 0 N–H and O–H groups in total. The van der Waals surface area contributed by atoms with Gasteiger partial charge in [0.25, 0.3) is 0 Å². The van der Waals surface area contributed by atoms with Gasteiger partial charge in [0, 0.05) is 23.9 Å². The first kappa shape index (κ1) is 14.2. The van der Waals surface area contributed by atoms with Gasteiger partial charge in [0.05, 0.1) is 16.4 Å². The Hall–Kier alpha value is -2.21. The van der Waals surface area contributed by atoms with Crippen LogP contribution in [0.1, 0.15) is 12.0 Å². The van der Waals surface area contributed by atoms with Crippen molar-refractivity contribution in [3.63, 3.8) is 0 Å². The average molecular weight is 387 g/mol. The average Bonchev–Trinajstić information content (AvgIpc) is 2.97. The summed E-state index contributed by atoms with van der Waals surface area (Å²) in [5.74, 6) is 2.53. The number of rotatable bonds is 1. The van der Waals surface area contributed by atoms with Crippen LogP contribution in [-0.2, 0) is 4.74 Å². The fraction of sp³-hybridized carbons (Fsp3) is 0.278. The summed E-state index contributed by atoms with van der Waals surface area (Å²) in [5.41, 5.74) is 4.65. The summed E-state index contributed by atoms with van der Waals surface area (Å²) < 4.78 is 17.9. The van der Waals surface area contributed by atoms with E-state index in [1.165, 1.54) is 11.3 Å². The zero-order valence-electron chi connectivity index (χ0n) is 12.9. The van der Waals surface area contributed by atoms with Crippen molar-refractivity contribution >= 4 is 21.8 Å². The summed E-state index contributed by atoms with van der Waals surface area (Å²) in [7, 11) is 0. The molecule has 1 aromatic rings. The lowest BCUT2D eigenvalue weighted by molar-refractivity contribution is 0.171. The predicted octanol–water partition coefficient (Wildman–Crippen LogP) is 3.33. The van der Waals surface area contributed by atoms with Crippen molar-refractivity contribution in [1.29, 1.82) is 0 Å². The SMILES string of the molecule is BrC1=COCC2=C3C1=CN=C(c1ccc4c(c1)OCCO4)N3CC2. The molecule has 0 aromatic heterocycles. The number of benzene rings is 1. The molecule has 0 atom stereocenters. The van der Waals surface area contributed by atoms with E-state index < -0.39 is 0 Å². The number of hydrogen-bond donors (Lipinski definition) is 0. The molecular weight excluding hydrogens is 372 g/mol. The van der Waals surface area contributed by atoms with E-state index in [9.17, 15) is 0 Å². The first-order chi connectivity index (χ1) is 11.8. The second-order valence-corrected chi connectivity index (χ2v) is 6.84. The second kappa shape index (κ2) is 5.41. The molecule has 0 aliphatic carbocycles. The maximum Gasteiger partial charge on any atom is 0.162 e. The molecule has 24 heavy (non-hydrogen) atoms. The molecule has 4 aliphatic rings. The van der Waals surface area contributed by atoms with Crippen molar-refractivity contribution in [2.45, 2.75) is 6.42 Å². The van der Waals surface area contributed by atoms with E-state index in [0.717, 1.165) is 45.9 Å². The van der Waals surface area contributed by atoms with Gasteiger partial charge in [-0.25, -0.2) is 4.99 Å². The number of allylic oxidation sites excluding steroid dienone is 1. The van der Waals surface area contributed by atoms with Crippen molar-refractivity contribution < 1.29 is 14.2 Å². The molecule has 0 amide bonds. The normalized spacial score (nSPS) is 21.4. The summed E-state index contributed by atoms with van der Waals surface area (Å²) in [6.45, 7) is 2.73. The Labute approximate surface area is 148 Å². The van der Waals surface area contributed by atoms with Crippen LogP contribution in [0.15, 0.2) is 57.0 Å². The molecule has 0 unspecified atom stereocenters. The van der Waals surface area contributed by atoms with Crippen molar-refractivity contribution in [3.05, 3.63) is 57.6 Å². The van der Waals surface area contributed by atoms with E-state index in [1.807, 2.05) is 24.4 Å². The van der Waals surface area contributed by atoms with Gasteiger partial charge in [0.1, 0.15) is 25.7 Å². The molecule has 0 spiro atoms. The Morgan fingerprint density at radius 3 is 2.92 bits per heavy atom. The first-order valence-corrected chi connectivity index (χ1v) is 8.76. The molecule has 122 valence electrons. The molecule has 1 aromatic carbocycles. The van der Waals surface area contributed by atoms with E-state index in [2.05, 4.69) is 20.8 Å². The van der Waals surface area contributed by atoms with Crippen molar-refractivity contribution in [3.8, 4) is 11.5 Å². The molecule has 6 heteroatoms. The Morgan fingerprint density at radius 2 is 2.00 bits per heavy atom. The molecule has 0 bridgehead atoms. The third kappa shape index (κ3) is 2.09. The molecule has 0 fully saturated rings. The number of fused-ring (bicyclic) bond motifs is 1. The lowest BCUT2D eigenvalue weighted by atomic mass is 10.1. The van der Waals surface area contributed by atoms with E-state index in [0.29, 0.717) is 19.8 Å². The summed E-state index contributed by atoms with van der Waals surface area (Å²) in [6.07, 6.45) is 4.66. The van der Waals surface area contributed by atoms with Crippen LogP contribution in [0.3, 0.4) is 0 Å². The minimum absolute atomic E-state index is 0.584. The number of nitrogens with zero attached hydrogens (tertiary/aromatic N) is 2. The Balaban J connectivity index is 1.60. The number of halogens is 1. The predicted molar refractivity (Wildman–Crippen MR) is 93.4 cm³/mol. The van der Waals surface area contributed by atoms with Gasteiger partial charge in [-0.2, -0.15) is 0 Å². The Kier molecular flexibility index (Phi) is 3.19. The van der Waals surface area contributed by atoms with Crippen LogP contribution < -0.4 is 9.47 Å². The summed E-state index contributed by atoms with van der Waals surface area (Å²) in [4.78, 5) is 7.01. The zero-order valence-corrected chi connectivity index (χ0v) is 14.5. The van der Waals surface area contributed by atoms with Gasteiger partial charge >= 0.3 is 0 Å². The standard InChI is InChI=1S/C18H15BrN2O3/c19-14-10-22-9-12-3-4-21-17(12)13(14)8-20-18(21)11-1-2-15-16(7-11)24-6-5-23-15/h1-2,7-8,10H,3-6,9H2. The van der Waals surface area contributed by atoms with Crippen LogP contribution in [-0.4, -0.2) is 37.1 Å². The third-order valence-electron chi connectivity index (χ3n) is 4.57. The van der Waals surface area contributed by atoms with Crippen LogP contribution in [0.5, 0.6) is 11.5 Å². The van der Waals surface area contributed by atoms with Gasteiger partial charge in [-0.1, -0.05) is 0 Å². The number of aliphatic imine (C=N–C) groups is 1. The molecule has 4 aliphatic heterocycles. The Bertz CT molecular complexity index is 854. The fourth-order valence-corrected chi connectivity index (χ4v) is 3.90. The van der Waals surface area contributed by atoms with Gasteiger partial charge in [-0.15, -0.1) is 0 Å². The van der Waals surface area contributed by atoms with Crippen molar-refractivity contribution in [2.24, 2.45) is 4.99 Å². The molecular formula is C18H15BrN2O3. The second-order valence-electron chi connectivity index (χ2n) is 5.98. The van der Waals surface area contributed by atoms with Crippen LogP contribution >= 0.6 is 15.9 Å². The molecule has 4 heterocycles. The fourth-order valence-electron chi connectivity index (χ4n) is 3.48. The third-order valence-corrected chi connectivity index (χ3v) is 5.18. The van der Waals surface area contributed by atoms with Gasteiger partial charge in [-0.05, 0) is 46.1 Å². The van der Waals surface area contributed by atoms with Crippen LogP contribution in [0.25, 0.3) is 0 Å². The van der Waals surface area contributed by atoms with Crippen molar-refractivity contribution in [1.82, 2.24) is 4.90 Å². The highest BCUT2D eigenvalue weighted by molar-refractivity contribution is 9.12. The van der Waals surface area contributed by atoms with E-state index in [4.69, 9.17) is 19.2 Å². The highest BCUT2D eigenvalue weighted by Gasteiger charge is 2.34. The maximum atomic E-state index is 5.72. The number of amidine groups is 1. The minimum atomic E-state index is 0.584. The van der Waals surface area contributed by atoms with Crippen LogP contribution in [0.4, 0.5) is 0 Å². The highest BCUT2D eigenvalue weighted by Crippen LogP contribution is 2.41. The monoisotopic (exact) mass is 386 g/mol. The van der Waals surface area contributed by atoms with Gasteiger partial charge in [0.15, 0.2) is 11.5 Å². The van der Waals surface area contributed by atoms with E-state index >= 15 is 0 Å². The van der Waals surface area contributed by atoms with E-state index in [1.54, 1.807) is 6.26 Å². The maximum absolute atomic E-state index is 5.72. The number of ether oxygens (including phenoxy) is 3. The van der Waals surface area contributed by atoms with Crippen LogP contribution in [0, 0.1) is 0 Å². The smallest absolute Gasteiger partial charge is 0.162 e. The summed E-state index contributed by atoms with van der Waals surface area (Å²) in [6, 6.07) is 6.02.